The van der Waals surface area contributed by atoms with Crippen molar-refractivity contribution in [3.63, 3.8) is 0 Å². The highest BCUT2D eigenvalue weighted by Crippen LogP contribution is 2.52. The maximum atomic E-state index is 12.7. The predicted octanol–water partition coefficient (Wildman–Crippen LogP) is 5.56. The van der Waals surface area contributed by atoms with Crippen LogP contribution in [0, 0.1) is 0 Å². The maximum absolute atomic E-state index is 12.7. The topological polar surface area (TPSA) is 294 Å². The number of imide groups is 1. The normalized spacial score (nSPS) is 22.1. The van der Waals surface area contributed by atoms with Crippen molar-refractivity contribution in [1.82, 2.24) is 15.7 Å². The lowest BCUT2D eigenvalue weighted by atomic mass is 9.76. The Balaban J connectivity index is 1.37. The van der Waals surface area contributed by atoms with Crippen molar-refractivity contribution in [2.45, 2.75) is 144 Å². The number of nitrogens with zero attached hydrogens (tertiary/aromatic N) is 3. The van der Waals surface area contributed by atoms with Gasteiger partial charge >= 0.3 is 5.97 Å². The molecule has 4 amide bonds. The summed E-state index contributed by atoms with van der Waals surface area (Å²) in [6, 6.07) is 8.55. The number of amides is 4. The fourth-order valence-corrected chi connectivity index (χ4v) is 11.6. The van der Waals surface area contributed by atoms with E-state index in [2.05, 4.69) is 15.5 Å². The molecule has 0 aliphatic carbocycles. The van der Waals surface area contributed by atoms with Gasteiger partial charge in [0, 0.05) is 92.7 Å². The fraction of sp³-hybridized carbons (Fsp3) is 0.520. The van der Waals surface area contributed by atoms with Crippen LogP contribution in [0.25, 0.3) is 0 Å². The summed E-state index contributed by atoms with van der Waals surface area (Å²) in [5, 5.41) is 6.19. The first-order valence-corrected chi connectivity index (χ1v) is 29.1. The third kappa shape index (κ3) is 14.6. The Morgan fingerprint density at radius 1 is 0.726 bits per heavy atom. The van der Waals surface area contributed by atoms with Crippen molar-refractivity contribution in [1.29, 1.82) is 0 Å². The Bertz CT molecular complexity index is 2920. The van der Waals surface area contributed by atoms with Gasteiger partial charge in [-0.1, -0.05) is 37.5 Å². The molecule has 2 unspecified atom stereocenters. The summed E-state index contributed by atoms with van der Waals surface area (Å²) in [6.07, 6.45) is 15.2. The SMILES string of the molecule is CC1(CCCCCC(=O)ON2C(=O)CCC2=O)C2=CC=CC=CC3=[N+](CCCCCC(=O)NCCNC(=O)CCCCCN2c2ccc(S(=O)(=O)O)cc21)c1ccc(S(=O)(=O)[O-])cc1C3(C)CCCS(=O)(=O)O. The lowest BCUT2D eigenvalue weighted by Crippen LogP contribution is -2.34. The highest BCUT2D eigenvalue weighted by Gasteiger charge is 2.48. The molecule has 23 heteroatoms. The summed E-state index contributed by atoms with van der Waals surface area (Å²) in [5.41, 5.74) is 1.99. The van der Waals surface area contributed by atoms with Gasteiger partial charge in [0.05, 0.1) is 21.0 Å². The van der Waals surface area contributed by atoms with E-state index in [9.17, 15) is 62.9 Å². The molecule has 0 radical (unpaired) electrons. The molecule has 1 saturated heterocycles. The number of unbranched alkanes of at least 4 members (excludes halogenated alkanes) is 2. The van der Waals surface area contributed by atoms with Crippen LogP contribution in [0.1, 0.15) is 134 Å². The van der Waals surface area contributed by atoms with Crippen LogP contribution in [0.4, 0.5) is 11.4 Å². The summed E-state index contributed by atoms with van der Waals surface area (Å²) in [7, 11) is -13.9. The zero-order valence-electron chi connectivity index (χ0n) is 41.2. The minimum absolute atomic E-state index is 0.00594. The molecule has 4 aliphatic heterocycles. The van der Waals surface area contributed by atoms with Gasteiger partial charge in [-0.15, -0.1) is 5.06 Å². The molecule has 2 atom stereocenters. The zero-order valence-corrected chi connectivity index (χ0v) is 43.6. The molecule has 6 rings (SSSR count). The molecule has 0 bridgehead atoms. The number of carbonyl (C=O) groups is 5. The van der Waals surface area contributed by atoms with Gasteiger partial charge in [0.15, 0.2) is 5.71 Å². The second kappa shape index (κ2) is 24.2. The molecule has 0 saturated carbocycles. The Morgan fingerprint density at radius 3 is 2.00 bits per heavy atom. The average Bonchev–Trinajstić information content (AvgIpc) is 3.84. The molecule has 398 valence electrons. The second-order valence-electron chi connectivity index (χ2n) is 19.3. The number of hydrogen-bond donors (Lipinski definition) is 4. The highest BCUT2D eigenvalue weighted by atomic mass is 32.2. The van der Waals surface area contributed by atoms with Gasteiger partial charge in [-0.05, 0) is 107 Å². The molecule has 4 aliphatic rings. The largest absolute Gasteiger partial charge is 0.744 e. The van der Waals surface area contributed by atoms with Crippen LogP contribution in [0.2, 0.25) is 0 Å². The summed E-state index contributed by atoms with van der Waals surface area (Å²) in [4.78, 5) is 68.3. The summed E-state index contributed by atoms with van der Waals surface area (Å²) < 4.78 is 108. The standard InChI is InChI=1S/C50H65N5O15S3/c1-49(27-12-4-11-20-48(60)70-55-46(58)25-26-47(55)59)38-34-36(72(64,65)66)21-23-40(38)53-31-13-5-9-18-44(56)51-29-30-52-45(57)19-10-6-14-32-54-41-24-22-37(73(67,68)69)35-39(41)50(2,28-15-33-71(61,62)63)43(54)17-8-3-7-16-42(49)53/h3,7-8,16-17,21-24,34-35H,4-6,9-15,18-20,25-33H2,1-2H3,(H4-,51,52,56,57,61,62,63,64,65,66,67,68,69). The third-order valence-corrected chi connectivity index (χ3v) is 16.4. The monoisotopic (exact) mass is 1070 g/mol. The Morgan fingerprint density at radius 2 is 1.36 bits per heavy atom. The van der Waals surface area contributed by atoms with Gasteiger partial charge < -0.3 is 24.9 Å². The van der Waals surface area contributed by atoms with Crippen molar-refractivity contribution in [2.24, 2.45) is 0 Å². The van der Waals surface area contributed by atoms with Crippen molar-refractivity contribution in [2.75, 3.05) is 36.8 Å². The first kappa shape index (κ1) is 56.7. The van der Waals surface area contributed by atoms with E-state index in [-0.39, 0.29) is 74.7 Å². The number of fused-ring (bicyclic) bond motifs is 5. The van der Waals surface area contributed by atoms with E-state index >= 15 is 0 Å². The number of rotatable bonds is 13. The number of benzene rings is 2. The summed E-state index contributed by atoms with van der Waals surface area (Å²) in [5.74, 6) is -2.75. The molecule has 4 heterocycles. The smallest absolute Gasteiger partial charge is 0.333 e. The molecule has 1 fully saturated rings. The molecule has 73 heavy (non-hydrogen) atoms. The van der Waals surface area contributed by atoms with Crippen LogP contribution >= 0.6 is 0 Å². The van der Waals surface area contributed by atoms with Crippen LogP contribution < -0.4 is 15.5 Å². The van der Waals surface area contributed by atoms with E-state index < -0.39 is 69.6 Å². The summed E-state index contributed by atoms with van der Waals surface area (Å²) in [6.45, 7) is 5.17. The highest BCUT2D eigenvalue weighted by molar-refractivity contribution is 7.86. The Labute approximate surface area is 427 Å². The minimum Gasteiger partial charge on any atom is -0.744 e. The molecule has 2 aromatic rings. The Hall–Kier alpha value is -5.59. The molecule has 4 N–H and O–H groups in total. The molecule has 20 nitrogen and oxygen atoms in total. The van der Waals surface area contributed by atoms with E-state index in [0.29, 0.717) is 111 Å². The van der Waals surface area contributed by atoms with Gasteiger partial charge in [0.2, 0.25) is 17.5 Å². The summed E-state index contributed by atoms with van der Waals surface area (Å²) >= 11 is 0. The maximum Gasteiger partial charge on any atom is 0.333 e. The number of hydrogen-bond acceptors (Lipinski definition) is 14. The van der Waals surface area contributed by atoms with Gasteiger partial charge in [-0.25, -0.2) is 13.2 Å². The lowest BCUT2D eigenvalue weighted by molar-refractivity contribution is -0.438. The van der Waals surface area contributed by atoms with Gasteiger partial charge in [-0.3, -0.25) is 28.3 Å². The van der Waals surface area contributed by atoms with Crippen LogP contribution in [0.15, 0.2) is 82.3 Å². The number of anilines is 1. The average molecular weight is 1070 g/mol. The molecular weight excluding hydrogens is 1010 g/mol. The number of allylic oxidation sites excluding steroid dienone is 6. The van der Waals surface area contributed by atoms with Crippen LogP contribution in [-0.2, 0) is 70.0 Å². The van der Waals surface area contributed by atoms with Crippen LogP contribution in [0.5, 0.6) is 0 Å². The van der Waals surface area contributed by atoms with E-state index in [1.165, 1.54) is 24.3 Å². The molecule has 2 aromatic carbocycles. The Kier molecular flexibility index (Phi) is 18.8. The van der Waals surface area contributed by atoms with E-state index in [0.717, 1.165) is 5.70 Å². The number of hydroxylamine groups is 2. The van der Waals surface area contributed by atoms with E-state index in [1.54, 1.807) is 24.3 Å². The quantitative estimate of drug-likeness (QED) is 0.0826. The van der Waals surface area contributed by atoms with E-state index in [1.807, 2.05) is 36.7 Å². The van der Waals surface area contributed by atoms with Gasteiger partial charge in [0.25, 0.3) is 32.1 Å². The lowest BCUT2D eigenvalue weighted by Gasteiger charge is -2.30. The molecule has 0 aromatic heterocycles. The van der Waals surface area contributed by atoms with Gasteiger partial charge in [-0.2, -0.15) is 21.4 Å². The second-order valence-corrected chi connectivity index (χ2v) is 23.6. The van der Waals surface area contributed by atoms with E-state index in [4.69, 9.17) is 4.84 Å². The first-order valence-electron chi connectivity index (χ1n) is 24.7. The third-order valence-electron chi connectivity index (χ3n) is 13.9. The molecule has 0 spiro atoms. The van der Waals surface area contributed by atoms with Crippen molar-refractivity contribution < 1.29 is 72.3 Å². The van der Waals surface area contributed by atoms with Crippen LogP contribution in [-0.4, -0.2) is 116 Å². The van der Waals surface area contributed by atoms with Crippen molar-refractivity contribution in [3.05, 3.63) is 83.6 Å². The number of carbonyl (C=O) groups excluding carboxylic acids is 5. The van der Waals surface area contributed by atoms with Crippen molar-refractivity contribution in [3.8, 4) is 0 Å². The van der Waals surface area contributed by atoms with Crippen LogP contribution in [0.3, 0.4) is 0 Å². The first-order chi connectivity index (χ1) is 34.4. The van der Waals surface area contributed by atoms with Gasteiger partial charge in [0.1, 0.15) is 16.7 Å². The zero-order chi connectivity index (χ0) is 53.2. The number of nitrogens with one attached hydrogen (secondary N) is 2. The molecular formula is C50H65N5O15S3. The minimum atomic E-state index is -4.89. The predicted molar refractivity (Wildman–Crippen MR) is 268 cm³/mol. The fourth-order valence-electron chi connectivity index (χ4n) is 10.1. The van der Waals surface area contributed by atoms with Crippen molar-refractivity contribution >= 4 is 77.0 Å².